The highest BCUT2D eigenvalue weighted by Gasteiger charge is 2.38. The molecule has 3 rings (SSSR count). The zero-order valence-electron chi connectivity index (χ0n) is 12.2. The molecule has 6 heteroatoms. The van der Waals surface area contributed by atoms with Crippen LogP contribution in [-0.2, 0) is 7.05 Å². The molecule has 1 aliphatic carbocycles. The van der Waals surface area contributed by atoms with E-state index in [9.17, 15) is 9.59 Å². The molecule has 6 nitrogen and oxygen atoms in total. The molecule has 0 bridgehead atoms. The van der Waals surface area contributed by atoms with E-state index in [0.717, 1.165) is 0 Å². The van der Waals surface area contributed by atoms with Gasteiger partial charge in [-0.05, 0) is 19.1 Å². The number of aryl methyl sites for hydroxylation is 1. The quantitative estimate of drug-likeness (QED) is 0.714. The number of aromatic nitrogens is 2. The summed E-state index contributed by atoms with van der Waals surface area (Å²) in [6.45, 7) is 1.75. The smallest absolute Gasteiger partial charge is 0.218 e. The number of nitrogens with zero attached hydrogens (tertiary/aromatic N) is 2. The zero-order valence-corrected chi connectivity index (χ0v) is 12.2. The van der Waals surface area contributed by atoms with Crippen LogP contribution < -0.4 is 9.47 Å². The molecular weight excluding hydrogens is 272 g/mol. The molecule has 0 amide bonds. The number of fused-ring (bicyclic) bond motifs is 2. The minimum absolute atomic E-state index is 0.166. The van der Waals surface area contributed by atoms with E-state index in [1.54, 1.807) is 30.7 Å². The Morgan fingerprint density at radius 2 is 1.52 bits per heavy atom. The van der Waals surface area contributed by atoms with Gasteiger partial charge in [0, 0.05) is 7.05 Å². The lowest BCUT2D eigenvalue weighted by Crippen LogP contribution is -2.24. The predicted molar refractivity (Wildman–Crippen MR) is 74.4 cm³/mol. The standard InChI is InChI=1S/C15H14N2O4/c1-7-16-12-13(17(7)2)15(19)11-9(21-4)6-5-8(20-3)10(11)14(12)18/h5-6H,1-4H3. The predicted octanol–water partition coefficient (Wildman–Crippen LogP) is 1.52. The Hall–Kier alpha value is -2.63. The summed E-state index contributed by atoms with van der Waals surface area (Å²) in [7, 11) is 4.63. The fourth-order valence-electron chi connectivity index (χ4n) is 2.62. The van der Waals surface area contributed by atoms with Gasteiger partial charge in [0.15, 0.2) is 0 Å². The first-order valence-corrected chi connectivity index (χ1v) is 6.39. The molecule has 1 aromatic heterocycles. The van der Waals surface area contributed by atoms with Crippen molar-refractivity contribution in [3.63, 3.8) is 0 Å². The van der Waals surface area contributed by atoms with Crippen molar-refractivity contribution in [2.24, 2.45) is 7.05 Å². The second-order valence-electron chi connectivity index (χ2n) is 4.79. The largest absolute Gasteiger partial charge is 0.496 e. The number of methoxy groups -OCH3 is 2. The van der Waals surface area contributed by atoms with Crippen molar-refractivity contribution in [2.45, 2.75) is 6.92 Å². The van der Waals surface area contributed by atoms with Crippen molar-refractivity contribution in [1.82, 2.24) is 9.55 Å². The molecule has 0 atom stereocenters. The van der Waals surface area contributed by atoms with Crippen molar-refractivity contribution in [2.75, 3.05) is 14.2 Å². The number of carbonyl (C=O) groups is 2. The van der Waals surface area contributed by atoms with Gasteiger partial charge in [-0.25, -0.2) is 4.98 Å². The lowest BCUT2D eigenvalue weighted by molar-refractivity contribution is 0.0966. The van der Waals surface area contributed by atoms with E-state index in [0.29, 0.717) is 17.3 Å². The maximum atomic E-state index is 12.8. The molecule has 0 spiro atoms. The number of carbonyl (C=O) groups excluding carboxylic acids is 2. The van der Waals surface area contributed by atoms with Crippen LogP contribution in [0.3, 0.4) is 0 Å². The molecule has 0 N–H and O–H groups in total. The molecular formula is C15H14N2O4. The highest BCUT2D eigenvalue weighted by atomic mass is 16.5. The van der Waals surface area contributed by atoms with Crippen LogP contribution in [-0.4, -0.2) is 35.3 Å². The molecule has 0 fully saturated rings. The SMILES string of the molecule is COc1ccc(OC)c2c1C(=O)c1nc(C)n(C)c1C2=O. The second-order valence-corrected chi connectivity index (χ2v) is 4.79. The summed E-state index contributed by atoms with van der Waals surface area (Å²) in [5.74, 6) is 0.705. The second kappa shape index (κ2) is 4.44. The topological polar surface area (TPSA) is 70.4 Å². The first-order chi connectivity index (χ1) is 10.0. The van der Waals surface area contributed by atoms with Gasteiger partial charge in [0.2, 0.25) is 11.6 Å². The normalized spacial score (nSPS) is 13.0. The van der Waals surface area contributed by atoms with E-state index in [1.807, 2.05) is 0 Å². The summed E-state index contributed by atoms with van der Waals surface area (Å²) in [6.07, 6.45) is 0. The van der Waals surface area contributed by atoms with Gasteiger partial charge < -0.3 is 14.0 Å². The Bertz CT molecular complexity index is 789. The molecule has 0 saturated carbocycles. The van der Waals surface area contributed by atoms with Crippen LogP contribution in [0.15, 0.2) is 12.1 Å². The lowest BCUT2D eigenvalue weighted by atomic mass is 9.88. The van der Waals surface area contributed by atoms with E-state index in [1.165, 1.54) is 14.2 Å². The molecule has 1 aliphatic rings. The number of hydrogen-bond donors (Lipinski definition) is 0. The van der Waals surface area contributed by atoms with E-state index >= 15 is 0 Å². The van der Waals surface area contributed by atoms with E-state index in [2.05, 4.69) is 4.98 Å². The molecule has 21 heavy (non-hydrogen) atoms. The summed E-state index contributed by atoms with van der Waals surface area (Å²) >= 11 is 0. The van der Waals surface area contributed by atoms with E-state index in [-0.39, 0.29) is 34.1 Å². The molecule has 1 heterocycles. The molecule has 0 radical (unpaired) electrons. The Labute approximate surface area is 121 Å². The third-order valence-electron chi connectivity index (χ3n) is 3.77. The van der Waals surface area contributed by atoms with Crippen molar-refractivity contribution in [3.05, 3.63) is 40.5 Å². The lowest BCUT2D eigenvalue weighted by Gasteiger charge is -2.19. The molecule has 108 valence electrons. The highest BCUT2D eigenvalue weighted by Crippen LogP contribution is 2.38. The summed E-state index contributed by atoms with van der Waals surface area (Å²) in [6, 6.07) is 3.24. The number of benzene rings is 1. The van der Waals surface area contributed by atoms with Gasteiger partial charge in [0.1, 0.15) is 28.7 Å². The third-order valence-corrected chi connectivity index (χ3v) is 3.77. The summed E-state index contributed by atoms with van der Waals surface area (Å²) < 4.78 is 12.1. The fourth-order valence-corrected chi connectivity index (χ4v) is 2.62. The van der Waals surface area contributed by atoms with Gasteiger partial charge in [0.05, 0.1) is 25.3 Å². The van der Waals surface area contributed by atoms with Crippen molar-refractivity contribution in [1.29, 1.82) is 0 Å². The van der Waals surface area contributed by atoms with Crippen LogP contribution >= 0.6 is 0 Å². The van der Waals surface area contributed by atoms with Crippen LogP contribution in [0, 0.1) is 6.92 Å². The Morgan fingerprint density at radius 3 is 2.05 bits per heavy atom. The maximum Gasteiger partial charge on any atom is 0.218 e. The first-order valence-electron chi connectivity index (χ1n) is 6.39. The molecule has 0 saturated heterocycles. The van der Waals surface area contributed by atoms with E-state index < -0.39 is 0 Å². The van der Waals surface area contributed by atoms with Gasteiger partial charge in [0.25, 0.3) is 0 Å². The van der Waals surface area contributed by atoms with Crippen LogP contribution in [0.1, 0.15) is 37.9 Å². The summed E-state index contributed by atoms with van der Waals surface area (Å²) in [5, 5.41) is 0. The van der Waals surface area contributed by atoms with Crippen LogP contribution in [0.25, 0.3) is 0 Å². The molecule has 0 aliphatic heterocycles. The van der Waals surface area contributed by atoms with Crippen molar-refractivity contribution < 1.29 is 19.1 Å². The Balaban J connectivity index is 2.39. The average molecular weight is 286 g/mol. The van der Waals surface area contributed by atoms with Gasteiger partial charge in [-0.15, -0.1) is 0 Å². The number of ketones is 2. The minimum Gasteiger partial charge on any atom is -0.496 e. The average Bonchev–Trinajstić information content (AvgIpc) is 2.79. The molecule has 0 unspecified atom stereocenters. The maximum absolute atomic E-state index is 12.8. The number of ether oxygens (including phenoxy) is 2. The summed E-state index contributed by atoms with van der Waals surface area (Å²) in [5.41, 5.74) is 0.903. The molecule has 1 aromatic carbocycles. The fraction of sp³-hybridized carbons (Fsp3) is 0.267. The Morgan fingerprint density at radius 1 is 1.00 bits per heavy atom. The van der Waals surface area contributed by atoms with Gasteiger partial charge >= 0.3 is 0 Å². The van der Waals surface area contributed by atoms with Crippen molar-refractivity contribution in [3.8, 4) is 11.5 Å². The van der Waals surface area contributed by atoms with Crippen LogP contribution in [0.4, 0.5) is 0 Å². The highest BCUT2D eigenvalue weighted by molar-refractivity contribution is 6.29. The van der Waals surface area contributed by atoms with Gasteiger partial charge in [-0.3, -0.25) is 9.59 Å². The first kappa shape index (κ1) is 13.4. The Kier molecular flexibility index (Phi) is 2.83. The number of hydrogen-bond acceptors (Lipinski definition) is 5. The third kappa shape index (κ3) is 1.62. The molecule has 2 aromatic rings. The zero-order chi connectivity index (χ0) is 15.3. The number of rotatable bonds is 2. The van der Waals surface area contributed by atoms with Crippen LogP contribution in [0.5, 0.6) is 11.5 Å². The van der Waals surface area contributed by atoms with Crippen LogP contribution in [0.2, 0.25) is 0 Å². The minimum atomic E-state index is -0.320. The van der Waals surface area contributed by atoms with Crippen molar-refractivity contribution >= 4 is 11.6 Å². The monoisotopic (exact) mass is 286 g/mol. The summed E-state index contributed by atoms with van der Waals surface area (Å²) in [4.78, 5) is 29.7. The number of imidazole rings is 1. The van der Waals surface area contributed by atoms with Gasteiger partial charge in [-0.1, -0.05) is 0 Å². The van der Waals surface area contributed by atoms with E-state index in [4.69, 9.17) is 9.47 Å². The van der Waals surface area contributed by atoms with Gasteiger partial charge in [-0.2, -0.15) is 0 Å².